The largest absolute Gasteiger partial charge is 0.354 e. The molecule has 0 radical (unpaired) electrons. The molecule has 2 saturated carbocycles. The first kappa shape index (κ1) is 16.3. The Morgan fingerprint density at radius 2 is 1.74 bits per heavy atom. The second kappa shape index (κ2) is 6.14. The van der Waals surface area contributed by atoms with E-state index in [0.29, 0.717) is 24.7 Å². The normalized spacial score (nSPS) is 31.9. The van der Waals surface area contributed by atoms with E-state index in [4.69, 9.17) is 0 Å². The Balaban J connectivity index is 1.59. The molecule has 23 heavy (non-hydrogen) atoms. The fourth-order valence-corrected chi connectivity index (χ4v) is 4.74. The van der Waals surface area contributed by atoms with Crippen molar-refractivity contribution < 1.29 is 9.59 Å². The molecule has 5 nitrogen and oxygen atoms in total. The number of carbonyl (C=O) groups is 2. The van der Waals surface area contributed by atoms with E-state index in [-0.39, 0.29) is 23.8 Å². The van der Waals surface area contributed by atoms with Crippen LogP contribution in [0, 0.1) is 34.5 Å². The fraction of sp³-hybridized carbons (Fsp3) is 0.833. The number of nitrogens with one attached hydrogen (secondary N) is 1. The highest BCUT2D eigenvalue weighted by atomic mass is 16.2. The summed E-state index contributed by atoms with van der Waals surface area (Å²) < 4.78 is 0. The Labute approximate surface area is 138 Å². The molecule has 2 amide bonds. The summed E-state index contributed by atoms with van der Waals surface area (Å²) in [6, 6.07) is 2.49. The van der Waals surface area contributed by atoms with Crippen molar-refractivity contribution in [2.75, 3.05) is 13.1 Å². The molecule has 3 fully saturated rings. The first-order valence-electron chi connectivity index (χ1n) is 8.96. The number of likely N-dealkylation sites (tertiary alicyclic amines) is 1. The first-order valence-corrected chi connectivity index (χ1v) is 8.96. The number of nitriles is 1. The van der Waals surface area contributed by atoms with Crippen molar-refractivity contribution in [1.82, 2.24) is 10.2 Å². The maximum Gasteiger partial charge on any atom is 0.243 e. The molecule has 3 rings (SSSR count). The molecule has 2 aliphatic carbocycles. The summed E-state index contributed by atoms with van der Waals surface area (Å²) in [5, 5.41) is 12.5. The van der Waals surface area contributed by atoms with Gasteiger partial charge in [0.2, 0.25) is 11.8 Å². The average molecular weight is 317 g/mol. The minimum Gasteiger partial charge on any atom is -0.354 e. The van der Waals surface area contributed by atoms with Crippen LogP contribution in [0.15, 0.2) is 0 Å². The standard InChI is InChI=1S/C18H27N3O2/c1-12(2)20-16(22)13-7-14-9-21(10-15(14)8-13)17(23)18(11-19)5-3-4-6-18/h12-15H,3-10H2,1-2H3,(H,20,22)/t13?,14-,15+. The lowest BCUT2D eigenvalue weighted by Crippen LogP contribution is -2.41. The molecule has 1 heterocycles. The molecule has 0 aromatic heterocycles. The van der Waals surface area contributed by atoms with Gasteiger partial charge in [-0.2, -0.15) is 5.26 Å². The van der Waals surface area contributed by atoms with Crippen LogP contribution in [0.4, 0.5) is 0 Å². The Kier molecular flexibility index (Phi) is 4.35. The monoisotopic (exact) mass is 317 g/mol. The number of nitrogens with zero attached hydrogens (tertiary/aromatic N) is 2. The second-order valence-electron chi connectivity index (χ2n) is 7.96. The quantitative estimate of drug-likeness (QED) is 0.866. The van der Waals surface area contributed by atoms with Crippen molar-refractivity contribution in [2.45, 2.75) is 58.4 Å². The van der Waals surface area contributed by atoms with Gasteiger partial charge in [-0.1, -0.05) is 12.8 Å². The Hall–Kier alpha value is -1.57. The zero-order valence-electron chi connectivity index (χ0n) is 14.2. The number of hydrogen-bond acceptors (Lipinski definition) is 3. The van der Waals surface area contributed by atoms with Gasteiger partial charge in [0.25, 0.3) is 0 Å². The third-order valence-electron chi connectivity index (χ3n) is 5.92. The van der Waals surface area contributed by atoms with E-state index >= 15 is 0 Å². The van der Waals surface area contributed by atoms with Gasteiger partial charge >= 0.3 is 0 Å². The average Bonchev–Trinajstić information content (AvgIpc) is 3.20. The summed E-state index contributed by atoms with van der Waals surface area (Å²) >= 11 is 0. The molecule has 1 aliphatic heterocycles. The lowest BCUT2D eigenvalue weighted by molar-refractivity contribution is -0.138. The van der Waals surface area contributed by atoms with Crippen molar-refractivity contribution >= 4 is 11.8 Å². The van der Waals surface area contributed by atoms with Gasteiger partial charge in [0.1, 0.15) is 5.41 Å². The summed E-state index contributed by atoms with van der Waals surface area (Å²) in [4.78, 5) is 26.9. The molecular weight excluding hydrogens is 290 g/mol. The molecule has 0 aromatic carbocycles. The zero-order chi connectivity index (χ0) is 16.6. The summed E-state index contributed by atoms with van der Waals surface area (Å²) in [6.45, 7) is 5.44. The van der Waals surface area contributed by atoms with Crippen molar-refractivity contribution in [1.29, 1.82) is 5.26 Å². The molecule has 0 spiro atoms. The van der Waals surface area contributed by atoms with E-state index in [0.717, 1.165) is 38.8 Å². The molecular formula is C18H27N3O2. The van der Waals surface area contributed by atoms with E-state index in [1.165, 1.54) is 0 Å². The van der Waals surface area contributed by atoms with Crippen LogP contribution in [-0.2, 0) is 9.59 Å². The second-order valence-corrected chi connectivity index (χ2v) is 7.96. The summed E-state index contributed by atoms with van der Waals surface area (Å²) in [7, 11) is 0. The highest BCUT2D eigenvalue weighted by Crippen LogP contribution is 2.45. The van der Waals surface area contributed by atoms with Crippen LogP contribution in [0.5, 0.6) is 0 Å². The maximum atomic E-state index is 12.8. The lowest BCUT2D eigenvalue weighted by atomic mass is 9.86. The predicted molar refractivity (Wildman–Crippen MR) is 86.1 cm³/mol. The van der Waals surface area contributed by atoms with E-state index in [1.807, 2.05) is 18.7 Å². The molecule has 3 atom stereocenters. The minimum absolute atomic E-state index is 0.0510. The lowest BCUT2D eigenvalue weighted by Gasteiger charge is -2.27. The SMILES string of the molecule is CC(C)NC(=O)C1C[C@@H]2CN(C(=O)C3(C#N)CCCC3)C[C@@H]2C1. The van der Waals surface area contributed by atoms with Crippen molar-refractivity contribution in [3.05, 3.63) is 0 Å². The van der Waals surface area contributed by atoms with E-state index < -0.39 is 5.41 Å². The van der Waals surface area contributed by atoms with Crippen molar-refractivity contribution in [3.63, 3.8) is 0 Å². The van der Waals surface area contributed by atoms with Gasteiger partial charge in [-0.25, -0.2) is 0 Å². The molecule has 3 aliphatic rings. The first-order chi connectivity index (χ1) is 10.9. The molecule has 126 valence electrons. The summed E-state index contributed by atoms with van der Waals surface area (Å²) in [5.41, 5.74) is -0.757. The van der Waals surface area contributed by atoms with E-state index in [2.05, 4.69) is 11.4 Å². The number of rotatable bonds is 3. The highest BCUT2D eigenvalue weighted by molar-refractivity contribution is 5.86. The van der Waals surface area contributed by atoms with Gasteiger partial charge in [0.05, 0.1) is 6.07 Å². The van der Waals surface area contributed by atoms with Crippen molar-refractivity contribution in [2.24, 2.45) is 23.2 Å². The van der Waals surface area contributed by atoms with Gasteiger partial charge in [0, 0.05) is 25.0 Å². The highest BCUT2D eigenvalue weighted by Gasteiger charge is 2.50. The van der Waals surface area contributed by atoms with Gasteiger partial charge in [-0.15, -0.1) is 0 Å². The molecule has 0 aromatic rings. The summed E-state index contributed by atoms with van der Waals surface area (Å²) in [5.74, 6) is 1.17. The molecule has 5 heteroatoms. The predicted octanol–water partition coefficient (Wildman–Crippen LogP) is 2.08. The Morgan fingerprint density at radius 3 is 2.22 bits per heavy atom. The third kappa shape index (κ3) is 2.96. The number of hydrogen-bond donors (Lipinski definition) is 1. The topological polar surface area (TPSA) is 73.2 Å². The van der Waals surface area contributed by atoms with Crippen LogP contribution in [0.3, 0.4) is 0 Å². The molecule has 1 saturated heterocycles. The number of fused-ring (bicyclic) bond motifs is 1. The van der Waals surface area contributed by atoms with Crippen LogP contribution < -0.4 is 5.32 Å². The minimum atomic E-state index is -0.757. The van der Waals surface area contributed by atoms with Gasteiger partial charge in [0.15, 0.2) is 0 Å². The van der Waals surface area contributed by atoms with Crippen LogP contribution in [0.2, 0.25) is 0 Å². The smallest absolute Gasteiger partial charge is 0.243 e. The van der Waals surface area contributed by atoms with Gasteiger partial charge < -0.3 is 10.2 Å². The van der Waals surface area contributed by atoms with E-state index in [1.54, 1.807) is 0 Å². The van der Waals surface area contributed by atoms with Crippen LogP contribution in [0.1, 0.15) is 52.4 Å². The zero-order valence-corrected chi connectivity index (χ0v) is 14.2. The van der Waals surface area contributed by atoms with Gasteiger partial charge in [-0.05, 0) is 51.4 Å². The Bertz CT molecular complexity index is 517. The molecule has 1 N–H and O–H groups in total. The fourth-order valence-electron chi connectivity index (χ4n) is 4.74. The van der Waals surface area contributed by atoms with Crippen LogP contribution >= 0.6 is 0 Å². The number of amides is 2. The molecule has 1 unspecified atom stereocenters. The van der Waals surface area contributed by atoms with Gasteiger partial charge in [-0.3, -0.25) is 9.59 Å². The molecule has 0 bridgehead atoms. The van der Waals surface area contributed by atoms with Crippen LogP contribution in [-0.4, -0.2) is 35.8 Å². The maximum absolute atomic E-state index is 12.8. The van der Waals surface area contributed by atoms with Crippen molar-refractivity contribution in [3.8, 4) is 6.07 Å². The number of carbonyl (C=O) groups excluding carboxylic acids is 2. The third-order valence-corrected chi connectivity index (χ3v) is 5.92. The Morgan fingerprint density at radius 1 is 1.17 bits per heavy atom. The van der Waals surface area contributed by atoms with E-state index in [9.17, 15) is 14.9 Å². The van der Waals surface area contributed by atoms with Crippen LogP contribution in [0.25, 0.3) is 0 Å². The summed E-state index contributed by atoms with van der Waals surface area (Å²) in [6.07, 6.45) is 5.16.